The molecule has 0 aliphatic heterocycles. The molecule has 1 aliphatic carbocycles. The first-order valence-corrected chi connectivity index (χ1v) is 6.49. The van der Waals surface area contributed by atoms with Crippen LogP contribution in [0.3, 0.4) is 0 Å². The van der Waals surface area contributed by atoms with Gasteiger partial charge in [-0.05, 0) is 36.5 Å². The minimum Gasteiger partial charge on any atom is -0.0843 e. The molecule has 1 saturated carbocycles. The predicted molar refractivity (Wildman–Crippen MR) is 66.5 cm³/mol. The third-order valence-corrected chi connectivity index (χ3v) is 3.66. The Morgan fingerprint density at radius 1 is 0.933 bits per heavy atom. The molecule has 1 fully saturated rings. The van der Waals surface area contributed by atoms with Gasteiger partial charge in [-0.2, -0.15) is 0 Å². The minimum absolute atomic E-state index is 0.754. The molecule has 2 rings (SSSR count). The van der Waals surface area contributed by atoms with E-state index in [4.69, 9.17) is 11.6 Å². The average Bonchev–Trinajstić information content (AvgIpc) is 2.16. The van der Waals surface area contributed by atoms with Crippen molar-refractivity contribution in [3.05, 3.63) is 34.9 Å². The van der Waals surface area contributed by atoms with Crippen LogP contribution in [0.15, 0.2) is 24.3 Å². The van der Waals surface area contributed by atoms with Crippen LogP contribution in [-0.4, -0.2) is 0 Å². The van der Waals surface area contributed by atoms with E-state index >= 15 is 0 Å². The lowest BCUT2D eigenvalue weighted by Crippen LogP contribution is -2.02. The van der Waals surface area contributed by atoms with E-state index in [1.54, 1.807) is 0 Å². The SMILES string of the molecule is Clc1cccc(C2CCCCCCC2)c1. The van der Waals surface area contributed by atoms with Crippen molar-refractivity contribution < 1.29 is 0 Å². The van der Waals surface area contributed by atoms with Crippen molar-refractivity contribution in [3.63, 3.8) is 0 Å². The first kappa shape index (κ1) is 11.0. The second-order valence-electron chi connectivity index (χ2n) is 4.60. The Morgan fingerprint density at radius 3 is 2.27 bits per heavy atom. The summed E-state index contributed by atoms with van der Waals surface area (Å²) in [5.41, 5.74) is 1.45. The topological polar surface area (TPSA) is 0 Å². The molecule has 0 saturated heterocycles. The van der Waals surface area contributed by atoms with Crippen LogP contribution in [0.5, 0.6) is 0 Å². The van der Waals surface area contributed by atoms with E-state index in [1.165, 1.54) is 50.5 Å². The van der Waals surface area contributed by atoms with Gasteiger partial charge in [-0.3, -0.25) is 0 Å². The maximum Gasteiger partial charge on any atom is 0.0408 e. The Labute approximate surface area is 97.6 Å². The molecule has 1 aromatic carbocycles. The zero-order valence-corrected chi connectivity index (χ0v) is 9.97. The first-order chi connectivity index (χ1) is 7.36. The molecule has 0 heterocycles. The van der Waals surface area contributed by atoms with Gasteiger partial charge in [0, 0.05) is 5.02 Å². The Bertz CT molecular complexity index is 298. The van der Waals surface area contributed by atoms with Crippen LogP contribution in [0.4, 0.5) is 0 Å². The molecule has 0 unspecified atom stereocenters. The standard InChI is InChI=1S/C14H19Cl/c15-14-10-6-9-13(11-14)12-7-4-2-1-3-5-8-12/h6,9-12H,1-5,7-8H2. The van der Waals surface area contributed by atoms with Gasteiger partial charge in [-0.15, -0.1) is 0 Å². The summed E-state index contributed by atoms with van der Waals surface area (Å²) in [6, 6.07) is 8.43. The Hall–Kier alpha value is -0.490. The minimum atomic E-state index is 0.754. The van der Waals surface area contributed by atoms with E-state index in [0.717, 1.165) is 10.9 Å². The molecule has 1 aromatic rings. The zero-order valence-electron chi connectivity index (χ0n) is 9.21. The average molecular weight is 223 g/mol. The van der Waals surface area contributed by atoms with Crippen LogP contribution >= 0.6 is 11.6 Å². The molecular weight excluding hydrogens is 204 g/mol. The lowest BCUT2D eigenvalue weighted by Gasteiger charge is -2.20. The second kappa shape index (κ2) is 5.55. The van der Waals surface area contributed by atoms with Crippen LogP contribution in [-0.2, 0) is 0 Å². The maximum atomic E-state index is 6.04. The van der Waals surface area contributed by atoms with Gasteiger partial charge in [0.05, 0.1) is 0 Å². The van der Waals surface area contributed by atoms with Crippen LogP contribution in [0.25, 0.3) is 0 Å². The summed E-state index contributed by atoms with van der Waals surface area (Å²) in [7, 11) is 0. The molecule has 82 valence electrons. The fourth-order valence-corrected chi connectivity index (χ4v) is 2.75. The summed E-state index contributed by atoms with van der Waals surface area (Å²) in [5, 5.41) is 0.884. The van der Waals surface area contributed by atoms with Crippen molar-refractivity contribution in [2.24, 2.45) is 0 Å². The van der Waals surface area contributed by atoms with Gasteiger partial charge < -0.3 is 0 Å². The lowest BCUT2D eigenvalue weighted by molar-refractivity contribution is 0.455. The number of hydrogen-bond acceptors (Lipinski definition) is 0. The molecule has 1 aliphatic rings. The molecule has 0 nitrogen and oxygen atoms in total. The summed E-state index contributed by atoms with van der Waals surface area (Å²) in [6.07, 6.45) is 9.73. The van der Waals surface area contributed by atoms with Gasteiger partial charge in [-0.25, -0.2) is 0 Å². The van der Waals surface area contributed by atoms with E-state index in [2.05, 4.69) is 18.2 Å². The van der Waals surface area contributed by atoms with Crippen molar-refractivity contribution in [2.75, 3.05) is 0 Å². The van der Waals surface area contributed by atoms with Crippen molar-refractivity contribution in [1.29, 1.82) is 0 Å². The number of rotatable bonds is 1. The number of benzene rings is 1. The second-order valence-corrected chi connectivity index (χ2v) is 5.03. The molecule has 0 atom stereocenters. The molecule has 1 heteroatoms. The quantitative estimate of drug-likeness (QED) is 0.615. The summed E-state index contributed by atoms with van der Waals surface area (Å²) < 4.78 is 0. The number of halogens is 1. The van der Waals surface area contributed by atoms with E-state index in [1.807, 2.05) is 6.07 Å². The summed E-state index contributed by atoms with van der Waals surface area (Å²) in [5.74, 6) is 0.754. The van der Waals surface area contributed by atoms with Crippen LogP contribution in [0, 0.1) is 0 Å². The summed E-state index contributed by atoms with van der Waals surface area (Å²) >= 11 is 6.04. The Balaban J connectivity index is 2.06. The molecule has 0 radical (unpaired) electrons. The van der Waals surface area contributed by atoms with Crippen molar-refractivity contribution >= 4 is 11.6 Å². The highest BCUT2D eigenvalue weighted by Gasteiger charge is 2.13. The number of hydrogen-bond donors (Lipinski definition) is 0. The Kier molecular flexibility index (Phi) is 4.08. The summed E-state index contributed by atoms with van der Waals surface area (Å²) in [4.78, 5) is 0. The van der Waals surface area contributed by atoms with Crippen LogP contribution in [0.2, 0.25) is 5.02 Å². The van der Waals surface area contributed by atoms with E-state index < -0.39 is 0 Å². The monoisotopic (exact) mass is 222 g/mol. The van der Waals surface area contributed by atoms with Gasteiger partial charge in [0.25, 0.3) is 0 Å². The fraction of sp³-hybridized carbons (Fsp3) is 0.571. The molecule has 15 heavy (non-hydrogen) atoms. The van der Waals surface area contributed by atoms with Gasteiger partial charge in [0.1, 0.15) is 0 Å². The van der Waals surface area contributed by atoms with E-state index in [-0.39, 0.29) is 0 Å². The van der Waals surface area contributed by atoms with E-state index in [0.29, 0.717) is 0 Å². The zero-order chi connectivity index (χ0) is 10.5. The van der Waals surface area contributed by atoms with Crippen molar-refractivity contribution in [3.8, 4) is 0 Å². The van der Waals surface area contributed by atoms with E-state index in [9.17, 15) is 0 Å². The molecule has 0 bridgehead atoms. The van der Waals surface area contributed by atoms with Crippen molar-refractivity contribution in [1.82, 2.24) is 0 Å². The van der Waals surface area contributed by atoms with Gasteiger partial charge >= 0.3 is 0 Å². The van der Waals surface area contributed by atoms with Gasteiger partial charge in [-0.1, -0.05) is 55.8 Å². The Morgan fingerprint density at radius 2 is 1.60 bits per heavy atom. The normalized spacial score (nSPS) is 19.5. The highest BCUT2D eigenvalue weighted by molar-refractivity contribution is 6.30. The third-order valence-electron chi connectivity index (χ3n) is 3.43. The van der Waals surface area contributed by atoms with Gasteiger partial charge in [0.2, 0.25) is 0 Å². The smallest absolute Gasteiger partial charge is 0.0408 e. The van der Waals surface area contributed by atoms with Crippen molar-refractivity contribution in [2.45, 2.75) is 50.9 Å². The molecule has 0 aromatic heterocycles. The molecular formula is C14H19Cl. The van der Waals surface area contributed by atoms with Crippen LogP contribution < -0.4 is 0 Å². The highest BCUT2D eigenvalue weighted by atomic mass is 35.5. The molecule has 0 N–H and O–H groups in total. The maximum absolute atomic E-state index is 6.04. The first-order valence-electron chi connectivity index (χ1n) is 6.12. The van der Waals surface area contributed by atoms with Crippen LogP contribution in [0.1, 0.15) is 56.4 Å². The highest BCUT2D eigenvalue weighted by Crippen LogP contribution is 2.31. The van der Waals surface area contributed by atoms with Gasteiger partial charge in [0.15, 0.2) is 0 Å². The molecule has 0 spiro atoms. The fourth-order valence-electron chi connectivity index (χ4n) is 2.55. The molecule has 0 amide bonds. The predicted octanol–water partition coefficient (Wildman–Crippen LogP) is 5.17. The summed E-state index contributed by atoms with van der Waals surface area (Å²) in [6.45, 7) is 0. The third kappa shape index (κ3) is 3.24. The lowest BCUT2D eigenvalue weighted by atomic mass is 9.86. The largest absolute Gasteiger partial charge is 0.0843 e.